The number of nitrogens with zero attached hydrogens (tertiary/aromatic N) is 2. The Labute approximate surface area is 129 Å². The molecule has 7 heteroatoms. The summed E-state index contributed by atoms with van der Waals surface area (Å²) in [5.41, 5.74) is 1.05. The molecule has 2 atom stereocenters. The predicted molar refractivity (Wildman–Crippen MR) is 84.6 cm³/mol. The SMILES string of the molecule is CC1CS(=O)(=O)CCN1c1nc2c(s1)C(O)CC(C)(C)C2. The summed E-state index contributed by atoms with van der Waals surface area (Å²) in [6.07, 6.45) is 1.18. The second-order valence-corrected chi connectivity index (χ2v) is 10.3. The van der Waals surface area contributed by atoms with Gasteiger partial charge < -0.3 is 10.0 Å². The Balaban J connectivity index is 1.89. The molecule has 2 heterocycles. The molecule has 2 unspecified atom stereocenters. The van der Waals surface area contributed by atoms with Crippen LogP contribution < -0.4 is 4.90 Å². The van der Waals surface area contributed by atoms with Gasteiger partial charge in [0.1, 0.15) is 0 Å². The standard InChI is InChI=1S/C14H22N2O3S2/c1-9-8-21(18,19)5-4-16(9)13-15-10-6-14(2,3)7-11(17)12(10)20-13/h9,11,17H,4-8H2,1-3H3. The summed E-state index contributed by atoms with van der Waals surface area (Å²) in [4.78, 5) is 7.74. The molecular weight excluding hydrogens is 308 g/mol. The van der Waals surface area contributed by atoms with E-state index in [1.54, 1.807) is 0 Å². The minimum absolute atomic E-state index is 0.0542. The van der Waals surface area contributed by atoms with E-state index in [2.05, 4.69) is 18.7 Å². The molecule has 0 radical (unpaired) electrons. The smallest absolute Gasteiger partial charge is 0.186 e. The normalized spacial score (nSPS) is 31.0. The van der Waals surface area contributed by atoms with Crippen molar-refractivity contribution in [1.82, 2.24) is 4.98 Å². The van der Waals surface area contributed by atoms with Gasteiger partial charge in [-0.3, -0.25) is 0 Å². The van der Waals surface area contributed by atoms with E-state index >= 15 is 0 Å². The van der Waals surface area contributed by atoms with Crippen molar-refractivity contribution >= 4 is 26.3 Å². The Bertz CT molecular complexity index is 651. The number of aliphatic hydroxyl groups excluding tert-OH is 1. The fourth-order valence-corrected chi connectivity index (χ4v) is 6.04. The first-order valence-electron chi connectivity index (χ1n) is 7.32. The maximum Gasteiger partial charge on any atom is 0.186 e. The van der Waals surface area contributed by atoms with Crippen LogP contribution in [0.1, 0.15) is 43.9 Å². The molecule has 0 saturated carbocycles. The summed E-state index contributed by atoms with van der Waals surface area (Å²) in [6.45, 7) is 6.72. The van der Waals surface area contributed by atoms with Crippen LogP contribution in [-0.2, 0) is 16.3 Å². The summed E-state index contributed by atoms with van der Waals surface area (Å²) in [5, 5.41) is 11.2. The summed E-state index contributed by atoms with van der Waals surface area (Å²) in [5.74, 6) is 0.376. The number of sulfone groups is 1. The van der Waals surface area contributed by atoms with Crippen LogP contribution in [0, 0.1) is 5.41 Å². The molecular formula is C14H22N2O3S2. The third-order valence-corrected chi connectivity index (χ3v) is 7.36. The van der Waals surface area contributed by atoms with Gasteiger partial charge in [0, 0.05) is 12.6 Å². The van der Waals surface area contributed by atoms with Gasteiger partial charge in [0.25, 0.3) is 0 Å². The van der Waals surface area contributed by atoms with Gasteiger partial charge in [-0.15, -0.1) is 0 Å². The van der Waals surface area contributed by atoms with Crippen molar-refractivity contribution < 1.29 is 13.5 Å². The molecule has 1 aliphatic heterocycles. The first-order valence-corrected chi connectivity index (χ1v) is 9.95. The van der Waals surface area contributed by atoms with Gasteiger partial charge in [0.05, 0.1) is 28.2 Å². The average molecular weight is 330 g/mol. The zero-order valence-electron chi connectivity index (χ0n) is 12.7. The molecule has 1 fully saturated rings. The molecule has 0 spiro atoms. The van der Waals surface area contributed by atoms with E-state index in [1.807, 2.05) is 6.92 Å². The van der Waals surface area contributed by atoms with Crippen LogP contribution in [0.3, 0.4) is 0 Å². The van der Waals surface area contributed by atoms with Gasteiger partial charge in [-0.2, -0.15) is 0 Å². The molecule has 21 heavy (non-hydrogen) atoms. The van der Waals surface area contributed by atoms with Crippen molar-refractivity contribution in [2.45, 2.75) is 45.8 Å². The summed E-state index contributed by atoms with van der Waals surface area (Å²) < 4.78 is 23.4. The highest BCUT2D eigenvalue weighted by Crippen LogP contribution is 2.45. The Kier molecular flexibility index (Phi) is 3.58. The molecule has 1 aliphatic carbocycles. The Hall–Kier alpha value is -0.660. The van der Waals surface area contributed by atoms with Crippen molar-refractivity contribution in [2.75, 3.05) is 23.0 Å². The van der Waals surface area contributed by atoms with Crippen LogP contribution in [0.5, 0.6) is 0 Å². The van der Waals surface area contributed by atoms with Gasteiger partial charge in [-0.05, 0) is 25.2 Å². The predicted octanol–water partition coefficient (Wildman–Crippen LogP) is 1.77. The van der Waals surface area contributed by atoms with E-state index in [-0.39, 0.29) is 23.0 Å². The molecule has 1 N–H and O–H groups in total. The maximum atomic E-state index is 11.7. The van der Waals surface area contributed by atoms with Gasteiger partial charge in [0.15, 0.2) is 15.0 Å². The first kappa shape index (κ1) is 15.2. The largest absolute Gasteiger partial charge is 0.387 e. The number of fused-ring (bicyclic) bond motifs is 1. The molecule has 1 aromatic rings. The summed E-state index contributed by atoms with van der Waals surface area (Å²) >= 11 is 1.52. The third-order valence-electron chi connectivity index (χ3n) is 4.33. The highest BCUT2D eigenvalue weighted by molar-refractivity contribution is 7.91. The average Bonchev–Trinajstić information content (AvgIpc) is 2.69. The van der Waals surface area contributed by atoms with Gasteiger partial charge in [-0.25, -0.2) is 13.4 Å². The van der Waals surface area contributed by atoms with Gasteiger partial charge in [-0.1, -0.05) is 25.2 Å². The third kappa shape index (κ3) is 2.96. The maximum absolute atomic E-state index is 11.7. The lowest BCUT2D eigenvalue weighted by Gasteiger charge is -2.32. The Morgan fingerprint density at radius 2 is 2.14 bits per heavy atom. The van der Waals surface area contributed by atoms with Crippen LogP contribution in [0.25, 0.3) is 0 Å². The minimum Gasteiger partial charge on any atom is -0.387 e. The van der Waals surface area contributed by atoms with Crippen molar-refractivity contribution in [3.63, 3.8) is 0 Å². The van der Waals surface area contributed by atoms with Crippen LogP contribution in [0.15, 0.2) is 0 Å². The molecule has 3 rings (SSSR count). The molecule has 5 nitrogen and oxygen atoms in total. The second-order valence-electron chi connectivity index (χ2n) is 7.03. The second kappa shape index (κ2) is 4.93. The van der Waals surface area contributed by atoms with E-state index < -0.39 is 15.9 Å². The topological polar surface area (TPSA) is 70.5 Å². The number of aromatic nitrogens is 1. The number of rotatable bonds is 1. The fraction of sp³-hybridized carbons (Fsp3) is 0.786. The molecule has 118 valence electrons. The molecule has 0 bridgehead atoms. The highest BCUT2D eigenvalue weighted by atomic mass is 32.2. The molecule has 2 aliphatic rings. The monoisotopic (exact) mass is 330 g/mol. The minimum atomic E-state index is -2.92. The van der Waals surface area contributed by atoms with Crippen LogP contribution in [-0.4, -0.2) is 42.6 Å². The van der Waals surface area contributed by atoms with Crippen molar-refractivity contribution in [2.24, 2.45) is 5.41 Å². The Morgan fingerprint density at radius 1 is 1.43 bits per heavy atom. The van der Waals surface area contributed by atoms with E-state index in [4.69, 9.17) is 4.98 Å². The fourth-order valence-electron chi connectivity index (χ4n) is 3.28. The van der Waals surface area contributed by atoms with Gasteiger partial charge in [0.2, 0.25) is 0 Å². The van der Waals surface area contributed by atoms with E-state index in [9.17, 15) is 13.5 Å². The lowest BCUT2D eigenvalue weighted by Crippen LogP contribution is -2.47. The van der Waals surface area contributed by atoms with Gasteiger partial charge >= 0.3 is 0 Å². The number of hydrogen-bond acceptors (Lipinski definition) is 6. The van der Waals surface area contributed by atoms with Crippen molar-refractivity contribution in [3.8, 4) is 0 Å². The van der Waals surface area contributed by atoms with Crippen LogP contribution in [0.4, 0.5) is 5.13 Å². The summed E-state index contributed by atoms with van der Waals surface area (Å²) in [6, 6.07) is -0.0542. The van der Waals surface area contributed by atoms with Crippen molar-refractivity contribution in [1.29, 1.82) is 0 Å². The lowest BCUT2D eigenvalue weighted by atomic mass is 9.77. The lowest BCUT2D eigenvalue weighted by molar-refractivity contribution is 0.102. The number of aliphatic hydroxyl groups is 1. The van der Waals surface area contributed by atoms with E-state index in [0.717, 1.165) is 28.5 Å². The van der Waals surface area contributed by atoms with E-state index in [1.165, 1.54) is 11.3 Å². The zero-order chi connectivity index (χ0) is 15.4. The quantitative estimate of drug-likeness (QED) is 0.850. The number of thiazole rings is 1. The molecule has 1 aromatic heterocycles. The van der Waals surface area contributed by atoms with E-state index in [0.29, 0.717) is 6.54 Å². The number of hydrogen-bond donors (Lipinski definition) is 1. The molecule has 1 saturated heterocycles. The van der Waals surface area contributed by atoms with Crippen LogP contribution >= 0.6 is 11.3 Å². The summed E-state index contributed by atoms with van der Waals surface area (Å²) in [7, 11) is -2.92. The first-order chi connectivity index (χ1) is 9.67. The Morgan fingerprint density at radius 3 is 2.81 bits per heavy atom. The number of anilines is 1. The highest BCUT2D eigenvalue weighted by Gasteiger charge is 2.36. The molecule has 0 aromatic carbocycles. The zero-order valence-corrected chi connectivity index (χ0v) is 14.3. The van der Waals surface area contributed by atoms with Crippen LogP contribution in [0.2, 0.25) is 0 Å². The van der Waals surface area contributed by atoms with Crippen molar-refractivity contribution in [3.05, 3.63) is 10.6 Å². The molecule has 0 amide bonds.